The zero-order valence-electron chi connectivity index (χ0n) is 11.1. The van der Waals surface area contributed by atoms with E-state index in [1.54, 1.807) is 0 Å². The molecule has 4 nitrogen and oxygen atoms in total. The van der Waals surface area contributed by atoms with Crippen LogP contribution in [0.5, 0.6) is 11.6 Å². The average Bonchev–Trinajstić information content (AvgIpc) is 2.48. The van der Waals surface area contributed by atoms with Crippen molar-refractivity contribution in [1.29, 1.82) is 0 Å². The number of hydrogen-bond donors (Lipinski definition) is 0. The minimum atomic E-state index is -4.66. The predicted molar refractivity (Wildman–Crippen MR) is 67.1 cm³/mol. The molecule has 0 N–H and O–H groups in total. The standard InChI is InChI=1S/C14H9F4NO3/c1-21-13(20)11-6-8(14(16,17)18)7-19-12(11)22-10-4-2-9(15)3-5-10/h2-7H,1H3. The number of rotatable bonds is 3. The Morgan fingerprint density at radius 1 is 1.18 bits per heavy atom. The maximum Gasteiger partial charge on any atom is 0.417 e. The van der Waals surface area contributed by atoms with E-state index >= 15 is 0 Å². The quantitative estimate of drug-likeness (QED) is 0.638. The van der Waals surface area contributed by atoms with Gasteiger partial charge in [0.05, 0.1) is 12.7 Å². The first kappa shape index (κ1) is 15.7. The van der Waals surface area contributed by atoms with E-state index in [1.807, 2.05) is 0 Å². The fraction of sp³-hybridized carbons (Fsp3) is 0.143. The Balaban J connectivity index is 2.41. The molecule has 116 valence electrons. The largest absolute Gasteiger partial charge is 0.465 e. The molecule has 0 atom stereocenters. The van der Waals surface area contributed by atoms with Gasteiger partial charge in [0, 0.05) is 6.20 Å². The van der Waals surface area contributed by atoms with Crippen LogP contribution in [0.3, 0.4) is 0 Å². The van der Waals surface area contributed by atoms with Crippen molar-refractivity contribution in [2.24, 2.45) is 0 Å². The highest BCUT2D eigenvalue weighted by Gasteiger charge is 2.33. The van der Waals surface area contributed by atoms with Crippen molar-refractivity contribution >= 4 is 5.97 Å². The Labute approximate surface area is 122 Å². The summed E-state index contributed by atoms with van der Waals surface area (Å²) < 4.78 is 60.4. The van der Waals surface area contributed by atoms with E-state index in [0.717, 1.165) is 19.2 Å². The van der Waals surface area contributed by atoms with Gasteiger partial charge < -0.3 is 9.47 Å². The maximum atomic E-state index is 12.8. The van der Waals surface area contributed by atoms with Gasteiger partial charge in [0.2, 0.25) is 5.88 Å². The molecule has 0 aliphatic carbocycles. The van der Waals surface area contributed by atoms with Gasteiger partial charge in [-0.15, -0.1) is 0 Å². The lowest BCUT2D eigenvalue weighted by Gasteiger charge is -2.12. The highest BCUT2D eigenvalue weighted by molar-refractivity contribution is 5.92. The Hall–Kier alpha value is -2.64. The highest BCUT2D eigenvalue weighted by atomic mass is 19.4. The van der Waals surface area contributed by atoms with Gasteiger partial charge in [-0.1, -0.05) is 0 Å². The molecule has 0 unspecified atom stereocenters. The van der Waals surface area contributed by atoms with Crippen molar-refractivity contribution in [3.63, 3.8) is 0 Å². The normalized spacial score (nSPS) is 11.1. The molecule has 22 heavy (non-hydrogen) atoms. The van der Waals surface area contributed by atoms with E-state index in [-0.39, 0.29) is 11.6 Å². The number of ether oxygens (including phenoxy) is 2. The summed E-state index contributed by atoms with van der Waals surface area (Å²) in [6.45, 7) is 0. The third kappa shape index (κ3) is 3.51. The number of benzene rings is 1. The summed E-state index contributed by atoms with van der Waals surface area (Å²) in [5.74, 6) is -1.80. The van der Waals surface area contributed by atoms with Gasteiger partial charge in [-0.05, 0) is 30.3 Å². The number of carbonyl (C=O) groups excluding carboxylic acids is 1. The number of hydrogen-bond acceptors (Lipinski definition) is 4. The first-order chi connectivity index (χ1) is 10.3. The highest BCUT2D eigenvalue weighted by Crippen LogP contribution is 2.32. The molecule has 0 bridgehead atoms. The van der Waals surface area contributed by atoms with Crippen molar-refractivity contribution in [3.05, 3.63) is 53.5 Å². The molecule has 1 aromatic heterocycles. The zero-order chi connectivity index (χ0) is 16.3. The SMILES string of the molecule is COC(=O)c1cc(C(F)(F)F)cnc1Oc1ccc(F)cc1. The summed E-state index contributed by atoms with van der Waals surface area (Å²) in [5.41, 5.74) is -1.60. The van der Waals surface area contributed by atoms with Gasteiger partial charge in [0.15, 0.2) is 0 Å². The Morgan fingerprint density at radius 3 is 2.36 bits per heavy atom. The smallest absolute Gasteiger partial charge is 0.417 e. The van der Waals surface area contributed by atoms with Gasteiger partial charge in [-0.3, -0.25) is 0 Å². The molecular formula is C14H9F4NO3. The topological polar surface area (TPSA) is 48.4 Å². The lowest BCUT2D eigenvalue weighted by atomic mass is 10.2. The van der Waals surface area contributed by atoms with Crippen LogP contribution >= 0.6 is 0 Å². The van der Waals surface area contributed by atoms with E-state index in [1.165, 1.54) is 12.1 Å². The Bertz CT molecular complexity index is 683. The molecule has 1 heterocycles. The summed E-state index contributed by atoms with van der Waals surface area (Å²) in [7, 11) is 1.02. The zero-order valence-corrected chi connectivity index (χ0v) is 11.1. The molecule has 0 aliphatic heterocycles. The van der Waals surface area contributed by atoms with E-state index in [0.29, 0.717) is 12.3 Å². The molecular weight excluding hydrogens is 306 g/mol. The molecule has 2 rings (SSSR count). The molecule has 8 heteroatoms. The molecule has 0 spiro atoms. The van der Waals surface area contributed by atoms with Crippen LogP contribution in [0, 0.1) is 5.82 Å². The van der Waals surface area contributed by atoms with Gasteiger partial charge in [0.1, 0.15) is 17.1 Å². The number of nitrogens with zero attached hydrogens (tertiary/aromatic N) is 1. The van der Waals surface area contributed by atoms with Crippen LogP contribution in [0.4, 0.5) is 17.6 Å². The van der Waals surface area contributed by atoms with E-state index in [4.69, 9.17) is 4.74 Å². The predicted octanol–water partition coefficient (Wildman–Crippen LogP) is 3.82. The minimum Gasteiger partial charge on any atom is -0.465 e. The number of alkyl halides is 3. The van der Waals surface area contributed by atoms with Crippen molar-refractivity contribution in [1.82, 2.24) is 4.98 Å². The summed E-state index contributed by atoms with van der Waals surface area (Å²) >= 11 is 0. The molecule has 0 fully saturated rings. The lowest BCUT2D eigenvalue weighted by molar-refractivity contribution is -0.137. The fourth-order valence-electron chi connectivity index (χ4n) is 1.56. The monoisotopic (exact) mass is 315 g/mol. The van der Waals surface area contributed by atoms with Crippen LogP contribution in [0.1, 0.15) is 15.9 Å². The summed E-state index contributed by atoms with van der Waals surface area (Å²) in [6.07, 6.45) is -4.13. The Morgan fingerprint density at radius 2 is 1.82 bits per heavy atom. The molecule has 0 radical (unpaired) electrons. The second kappa shape index (κ2) is 6.00. The van der Waals surface area contributed by atoms with Crippen molar-refractivity contribution in [3.8, 4) is 11.6 Å². The van der Waals surface area contributed by atoms with Crippen molar-refractivity contribution in [2.45, 2.75) is 6.18 Å². The van der Waals surface area contributed by atoms with Gasteiger partial charge in [-0.2, -0.15) is 13.2 Å². The molecule has 0 saturated heterocycles. The van der Waals surface area contributed by atoms with Gasteiger partial charge >= 0.3 is 12.1 Å². The van der Waals surface area contributed by atoms with E-state index < -0.39 is 29.1 Å². The number of pyridine rings is 1. The molecule has 0 amide bonds. The summed E-state index contributed by atoms with van der Waals surface area (Å²) in [4.78, 5) is 15.1. The van der Waals surface area contributed by atoms with Gasteiger partial charge in [-0.25, -0.2) is 14.2 Å². The molecule has 2 aromatic rings. The summed E-state index contributed by atoms with van der Waals surface area (Å²) in [5, 5.41) is 0. The van der Waals surface area contributed by atoms with E-state index in [9.17, 15) is 22.4 Å². The number of aromatic nitrogens is 1. The average molecular weight is 315 g/mol. The lowest BCUT2D eigenvalue weighted by Crippen LogP contribution is -2.11. The number of methoxy groups -OCH3 is 1. The molecule has 0 aliphatic rings. The van der Waals surface area contributed by atoms with Crippen LogP contribution in [0.25, 0.3) is 0 Å². The summed E-state index contributed by atoms with van der Waals surface area (Å²) in [6, 6.07) is 5.26. The van der Waals surface area contributed by atoms with E-state index in [2.05, 4.69) is 9.72 Å². The first-order valence-corrected chi connectivity index (χ1v) is 5.90. The van der Waals surface area contributed by atoms with Crippen LogP contribution in [-0.2, 0) is 10.9 Å². The first-order valence-electron chi connectivity index (χ1n) is 5.90. The fourth-order valence-corrected chi connectivity index (χ4v) is 1.56. The van der Waals surface area contributed by atoms with Crippen LogP contribution in [0.2, 0.25) is 0 Å². The number of halogens is 4. The minimum absolute atomic E-state index is 0.110. The molecule has 1 aromatic carbocycles. The van der Waals surface area contributed by atoms with Gasteiger partial charge in [0.25, 0.3) is 0 Å². The second-order valence-corrected chi connectivity index (χ2v) is 4.12. The Kier molecular flexibility index (Phi) is 4.30. The van der Waals surface area contributed by atoms with Crippen molar-refractivity contribution in [2.75, 3.05) is 7.11 Å². The second-order valence-electron chi connectivity index (χ2n) is 4.12. The molecule has 0 saturated carbocycles. The number of esters is 1. The van der Waals surface area contributed by atoms with Crippen LogP contribution in [0.15, 0.2) is 36.5 Å². The van der Waals surface area contributed by atoms with Crippen molar-refractivity contribution < 1.29 is 31.8 Å². The van der Waals surface area contributed by atoms with Crippen LogP contribution < -0.4 is 4.74 Å². The third-order valence-corrected chi connectivity index (χ3v) is 2.61. The maximum absolute atomic E-state index is 12.8. The number of carbonyl (C=O) groups is 1. The third-order valence-electron chi connectivity index (χ3n) is 2.61. The van der Waals surface area contributed by atoms with Crippen LogP contribution in [-0.4, -0.2) is 18.1 Å².